The van der Waals surface area contributed by atoms with Crippen LogP contribution in [0.25, 0.3) is 11.0 Å². The van der Waals surface area contributed by atoms with Crippen LogP contribution in [0.1, 0.15) is 40.9 Å². The molecule has 1 saturated heterocycles. The van der Waals surface area contributed by atoms with Crippen LogP contribution in [0.15, 0.2) is 73.1 Å². The van der Waals surface area contributed by atoms with Crippen LogP contribution in [0.5, 0.6) is 0 Å². The number of hydrogen-bond donors (Lipinski definition) is 4. The summed E-state index contributed by atoms with van der Waals surface area (Å²) in [5.41, 5.74) is 1.65. The number of pyridine rings is 1. The molecule has 0 aliphatic carbocycles. The van der Waals surface area contributed by atoms with E-state index < -0.39 is 53.0 Å². The Morgan fingerprint density at radius 1 is 0.940 bits per heavy atom. The molecule has 4 N–H and O–H groups in total. The standard InChI is InChI=1S/C35H31F5N6O4/c1-49-35(48)46-32(31(18-2-6-20(36)7-3-18)19-4-8-21(37)9-5-19)34(47)45-29-16-41-15-26(40)23(29)11-10-22-14-42-30(17-50-22)33-43-27-12-24(38)25(39)13-28(27)44-33/h2-9,12-13,15-16,22,30-32,42H,10-11,14,17H2,1H3,(H,43,44)(H,45,47)(H,46,48)/t22-,30+,32?/m1/s1. The Balaban J connectivity index is 1.18. The number of rotatable bonds is 10. The Kier molecular flexibility index (Phi) is 10.3. The lowest BCUT2D eigenvalue weighted by Gasteiger charge is -2.30. The molecule has 5 aromatic rings. The lowest BCUT2D eigenvalue weighted by atomic mass is 9.84. The lowest BCUT2D eigenvalue weighted by Crippen LogP contribution is -2.48. The number of halogens is 5. The van der Waals surface area contributed by atoms with Gasteiger partial charge in [-0.2, -0.15) is 0 Å². The monoisotopic (exact) mass is 694 g/mol. The number of aromatic amines is 1. The first-order valence-corrected chi connectivity index (χ1v) is 15.6. The van der Waals surface area contributed by atoms with Crippen molar-refractivity contribution in [1.29, 1.82) is 0 Å². The van der Waals surface area contributed by atoms with Crippen molar-refractivity contribution in [3.63, 3.8) is 0 Å². The number of nitrogens with one attached hydrogen (secondary N) is 4. The number of morpholine rings is 1. The first-order chi connectivity index (χ1) is 24.1. The first-order valence-electron chi connectivity index (χ1n) is 15.6. The quantitative estimate of drug-likeness (QED) is 0.136. The maximum absolute atomic E-state index is 15.2. The van der Waals surface area contributed by atoms with Crippen molar-refractivity contribution in [2.45, 2.75) is 36.9 Å². The number of H-pyrrole nitrogens is 1. The van der Waals surface area contributed by atoms with Gasteiger partial charge in [-0.15, -0.1) is 0 Å². The van der Waals surface area contributed by atoms with Crippen LogP contribution in [0.3, 0.4) is 0 Å². The molecule has 0 spiro atoms. The maximum Gasteiger partial charge on any atom is 0.407 e. The summed E-state index contributed by atoms with van der Waals surface area (Å²) < 4.78 is 81.0. The number of fused-ring (bicyclic) bond motifs is 1. The van der Waals surface area contributed by atoms with Crippen molar-refractivity contribution in [2.75, 3.05) is 25.6 Å². The van der Waals surface area contributed by atoms with Gasteiger partial charge in [-0.1, -0.05) is 24.3 Å². The van der Waals surface area contributed by atoms with Gasteiger partial charge in [-0.3, -0.25) is 9.78 Å². The number of anilines is 1. The minimum atomic E-state index is -1.39. The summed E-state index contributed by atoms with van der Waals surface area (Å²) in [6, 6.07) is 10.8. The molecule has 10 nitrogen and oxygen atoms in total. The molecule has 1 unspecified atom stereocenters. The summed E-state index contributed by atoms with van der Waals surface area (Å²) in [5, 5.41) is 8.47. The lowest BCUT2D eigenvalue weighted by molar-refractivity contribution is -0.118. The Labute approximate surface area is 282 Å². The summed E-state index contributed by atoms with van der Waals surface area (Å²) in [5.74, 6) is -5.00. The van der Waals surface area contributed by atoms with Gasteiger partial charge in [-0.05, 0) is 48.2 Å². The number of imidazole rings is 1. The van der Waals surface area contributed by atoms with E-state index in [2.05, 4.69) is 30.9 Å². The minimum Gasteiger partial charge on any atom is -0.453 e. The van der Waals surface area contributed by atoms with Gasteiger partial charge in [-0.25, -0.2) is 31.7 Å². The number of carbonyl (C=O) groups excluding carboxylic acids is 2. The predicted molar refractivity (Wildman–Crippen MR) is 172 cm³/mol. The van der Waals surface area contributed by atoms with Gasteiger partial charge in [0.05, 0.1) is 55.0 Å². The van der Waals surface area contributed by atoms with E-state index in [0.717, 1.165) is 25.4 Å². The molecule has 15 heteroatoms. The third-order valence-electron chi connectivity index (χ3n) is 8.47. The number of methoxy groups -OCH3 is 1. The molecule has 6 rings (SSSR count). The van der Waals surface area contributed by atoms with Crippen molar-refractivity contribution < 1.29 is 41.0 Å². The number of carbonyl (C=O) groups is 2. The van der Waals surface area contributed by atoms with Crippen LogP contribution in [-0.4, -0.2) is 59.4 Å². The van der Waals surface area contributed by atoms with Crippen molar-refractivity contribution in [2.24, 2.45) is 0 Å². The van der Waals surface area contributed by atoms with Crippen molar-refractivity contribution >= 4 is 28.7 Å². The van der Waals surface area contributed by atoms with Crippen LogP contribution >= 0.6 is 0 Å². The fraction of sp³-hybridized carbons (Fsp3) is 0.257. The van der Waals surface area contributed by atoms with Gasteiger partial charge in [0.1, 0.15) is 29.3 Å². The van der Waals surface area contributed by atoms with Crippen LogP contribution in [0.4, 0.5) is 32.4 Å². The van der Waals surface area contributed by atoms with E-state index in [1.54, 1.807) is 0 Å². The molecule has 3 aromatic carbocycles. The first kappa shape index (κ1) is 34.5. The molecule has 260 valence electrons. The van der Waals surface area contributed by atoms with E-state index in [0.29, 0.717) is 35.4 Å². The molecular formula is C35H31F5N6O4. The molecule has 0 bridgehead atoms. The number of alkyl carbamates (subject to hydrolysis) is 1. The number of benzene rings is 3. The van der Waals surface area contributed by atoms with Gasteiger partial charge in [0, 0.05) is 30.2 Å². The molecular weight excluding hydrogens is 663 g/mol. The second kappa shape index (κ2) is 15.0. The summed E-state index contributed by atoms with van der Waals surface area (Å²) in [6.45, 7) is 0.522. The summed E-state index contributed by atoms with van der Waals surface area (Å²) in [4.78, 5) is 37.6. The van der Waals surface area contributed by atoms with Crippen LogP contribution in [-0.2, 0) is 20.7 Å². The fourth-order valence-corrected chi connectivity index (χ4v) is 5.92. The smallest absolute Gasteiger partial charge is 0.407 e. The Bertz CT molecular complexity index is 1900. The van der Waals surface area contributed by atoms with Crippen molar-refractivity contribution in [3.8, 4) is 0 Å². The molecule has 0 saturated carbocycles. The van der Waals surface area contributed by atoms with E-state index in [4.69, 9.17) is 9.47 Å². The number of ether oxygens (including phenoxy) is 2. The van der Waals surface area contributed by atoms with E-state index in [-0.39, 0.29) is 41.9 Å². The zero-order valence-electron chi connectivity index (χ0n) is 26.5. The molecule has 1 fully saturated rings. The zero-order valence-corrected chi connectivity index (χ0v) is 26.5. The molecule has 50 heavy (non-hydrogen) atoms. The van der Waals surface area contributed by atoms with E-state index in [9.17, 15) is 27.2 Å². The highest BCUT2D eigenvalue weighted by atomic mass is 19.2. The van der Waals surface area contributed by atoms with Crippen LogP contribution in [0.2, 0.25) is 0 Å². The summed E-state index contributed by atoms with van der Waals surface area (Å²) >= 11 is 0. The largest absolute Gasteiger partial charge is 0.453 e. The predicted octanol–water partition coefficient (Wildman–Crippen LogP) is 5.81. The average molecular weight is 695 g/mol. The summed E-state index contributed by atoms with van der Waals surface area (Å²) in [7, 11) is 1.12. The highest BCUT2D eigenvalue weighted by Crippen LogP contribution is 2.31. The van der Waals surface area contributed by atoms with Gasteiger partial charge in [0.15, 0.2) is 11.6 Å². The highest BCUT2D eigenvalue weighted by Gasteiger charge is 2.34. The average Bonchev–Trinajstić information content (AvgIpc) is 3.52. The second-order valence-corrected chi connectivity index (χ2v) is 11.7. The molecule has 0 radical (unpaired) electrons. The normalized spacial score (nSPS) is 16.7. The summed E-state index contributed by atoms with van der Waals surface area (Å²) in [6.07, 6.45) is 1.43. The Morgan fingerprint density at radius 2 is 1.60 bits per heavy atom. The Hall–Kier alpha value is -5.41. The van der Waals surface area contributed by atoms with E-state index in [1.165, 1.54) is 54.7 Å². The molecule has 3 heterocycles. The fourth-order valence-electron chi connectivity index (χ4n) is 5.92. The molecule has 2 amide bonds. The topological polar surface area (TPSA) is 130 Å². The SMILES string of the molecule is COC(=O)NC(C(=O)Nc1cncc(F)c1CC[C@@H]1CN[C@H](c2nc3cc(F)c(F)cc3[nH]2)CO1)C(c1ccc(F)cc1)c1ccc(F)cc1. The second-order valence-electron chi connectivity index (χ2n) is 11.7. The van der Waals surface area contributed by atoms with Crippen LogP contribution < -0.4 is 16.0 Å². The minimum absolute atomic E-state index is 0.0482. The van der Waals surface area contributed by atoms with E-state index >= 15 is 4.39 Å². The van der Waals surface area contributed by atoms with Gasteiger partial charge < -0.3 is 30.4 Å². The molecule has 1 aliphatic heterocycles. The third kappa shape index (κ3) is 7.74. The highest BCUT2D eigenvalue weighted by molar-refractivity contribution is 5.98. The molecule has 1 aliphatic rings. The van der Waals surface area contributed by atoms with Gasteiger partial charge in [0.2, 0.25) is 5.91 Å². The molecule has 3 atom stereocenters. The number of amides is 2. The van der Waals surface area contributed by atoms with Crippen molar-refractivity contribution in [1.82, 2.24) is 25.6 Å². The third-order valence-corrected chi connectivity index (χ3v) is 8.47. The number of hydrogen-bond acceptors (Lipinski definition) is 7. The van der Waals surface area contributed by atoms with Gasteiger partial charge >= 0.3 is 6.09 Å². The van der Waals surface area contributed by atoms with Crippen LogP contribution in [0, 0.1) is 29.1 Å². The van der Waals surface area contributed by atoms with Crippen molar-refractivity contribution in [3.05, 3.63) is 125 Å². The molecule has 2 aromatic heterocycles. The number of aromatic nitrogens is 3. The van der Waals surface area contributed by atoms with E-state index in [1.807, 2.05) is 0 Å². The maximum atomic E-state index is 15.2. The van der Waals surface area contributed by atoms with Gasteiger partial charge in [0.25, 0.3) is 0 Å². The zero-order chi connectivity index (χ0) is 35.4. The number of nitrogens with zero attached hydrogens (tertiary/aromatic N) is 2. The Morgan fingerprint density at radius 3 is 2.22 bits per heavy atom.